The first kappa shape index (κ1) is 21.0. The fourth-order valence-electron chi connectivity index (χ4n) is 4.26. The van der Waals surface area contributed by atoms with Gasteiger partial charge in [0.05, 0.1) is 22.5 Å². The zero-order valence-electron chi connectivity index (χ0n) is 17.5. The van der Waals surface area contributed by atoms with Gasteiger partial charge >= 0.3 is 0 Å². The van der Waals surface area contributed by atoms with Gasteiger partial charge in [-0.25, -0.2) is 22.1 Å². The van der Waals surface area contributed by atoms with Crippen LogP contribution >= 0.6 is 0 Å². The van der Waals surface area contributed by atoms with E-state index in [-0.39, 0.29) is 16.8 Å². The molecule has 1 aliphatic rings. The number of halogens is 1. The van der Waals surface area contributed by atoms with Gasteiger partial charge in [0.2, 0.25) is 10.0 Å². The number of sulfonamides is 1. The second-order valence-corrected chi connectivity index (χ2v) is 10.0. The minimum absolute atomic E-state index is 0.223. The van der Waals surface area contributed by atoms with Crippen molar-refractivity contribution in [2.45, 2.75) is 43.8 Å². The third kappa shape index (κ3) is 3.75. The topological polar surface area (TPSA) is 58.4 Å². The third-order valence-electron chi connectivity index (χ3n) is 5.86. The van der Waals surface area contributed by atoms with Crippen LogP contribution in [0, 0.1) is 5.82 Å². The molecule has 0 radical (unpaired) electrons. The van der Waals surface area contributed by atoms with Gasteiger partial charge in [0.25, 0.3) is 0 Å². The van der Waals surface area contributed by atoms with Crippen LogP contribution in [-0.2, 0) is 23.1 Å². The summed E-state index contributed by atoms with van der Waals surface area (Å²) in [5.74, 6) is 0.695. The molecule has 0 amide bonds. The third-order valence-corrected chi connectivity index (χ3v) is 7.67. The van der Waals surface area contributed by atoms with Crippen LogP contribution < -0.4 is 0 Å². The van der Waals surface area contributed by atoms with Gasteiger partial charge in [0.15, 0.2) is 0 Å². The molecule has 6 nitrogen and oxygen atoms in total. The number of hydrogen-bond acceptors (Lipinski definition) is 4. The van der Waals surface area contributed by atoms with E-state index in [0.717, 1.165) is 42.8 Å². The molecule has 160 valence electrons. The molecule has 8 heteroatoms. The number of likely N-dealkylation sites (tertiary alicyclic amines) is 1. The Balaban J connectivity index is 1.67. The molecule has 2 heterocycles. The number of hydrogen-bond donors (Lipinski definition) is 0. The lowest BCUT2D eigenvalue weighted by atomic mass is 10.0. The Labute approximate surface area is 177 Å². The molecule has 2 aromatic carbocycles. The van der Waals surface area contributed by atoms with E-state index >= 15 is 0 Å². The van der Waals surface area contributed by atoms with E-state index in [1.165, 1.54) is 30.5 Å². The van der Waals surface area contributed by atoms with E-state index in [9.17, 15) is 12.8 Å². The lowest BCUT2D eigenvalue weighted by Gasteiger charge is -2.24. The molecule has 0 unspecified atom stereocenters. The summed E-state index contributed by atoms with van der Waals surface area (Å²) in [6.07, 6.45) is 2.11. The van der Waals surface area contributed by atoms with Crippen LogP contribution in [0.15, 0.2) is 47.4 Å². The smallest absolute Gasteiger partial charge is 0.242 e. The van der Waals surface area contributed by atoms with E-state index < -0.39 is 10.0 Å². The maximum Gasteiger partial charge on any atom is 0.242 e. The van der Waals surface area contributed by atoms with Crippen LogP contribution in [0.2, 0.25) is 0 Å². The molecule has 0 saturated carbocycles. The summed E-state index contributed by atoms with van der Waals surface area (Å²) < 4.78 is 41.7. The largest absolute Gasteiger partial charge is 0.327 e. The van der Waals surface area contributed by atoms with Gasteiger partial charge < -0.3 is 4.57 Å². The first-order valence-corrected chi connectivity index (χ1v) is 11.7. The van der Waals surface area contributed by atoms with Gasteiger partial charge in [-0.15, -0.1) is 0 Å². The average Bonchev–Trinajstić information content (AvgIpc) is 3.32. The first-order chi connectivity index (χ1) is 14.3. The predicted octanol–water partition coefficient (Wildman–Crippen LogP) is 3.78. The molecule has 1 aromatic heterocycles. The Morgan fingerprint density at radius 1 is 1.17 bits per heavy atom. The normalized spacial score (nSPS) is 18.0. The Bertz CT molecular complexity index is 1160. The van der Waals surface area contributed by atoms with Crippen molar-refractivity contribution < 1.29 is 12.8 Å². The summed E-state index contributed by atoms with van der Waals surface area (Å²) in [5.41, 5.74) is 2.74. The SMILES string of the molecule is CCn1c(CN2CCC[C@@H]2c2ccc(F)cc2)nc2cc(S(=O)(=O)N(C)C)ccc21. The summed E-state index contributed by atoms with van der Waals surface area (Å²) in [4.78, 5) is 7.42. The molecule has 0 spiro atoms. The Kier molecular flexibility index (Phi) is 5.65. The molecule has 1 aliphatic heterocycles. The van der Waals surface area contributed by atoms with Crippen LogP contribution in [0.5, 0.6) is 0 Å². The van der Waals surface area contributed by atoms with Gasteiger partial charge in [0.1, 0.15) is 11.6 Å². The van der Waals surface area contributed by atoms with Gasteiger partial charge in [-0.2, -0.15) is 0 Å². The van der Waals surface area contributed by atoms with Crippen molar-refractivity contribution in [3.05, 3.63) is 59.7 Å². The average molecular weight is 431 g/mol. The quantitative estimate of drug-likeness (QED) is 0.597. The monoisotopic (exact) mass is 430 g/mol. The van der Waals surface area contributed by atoms with Crippen LogP contribution in [0.25, 0.3) is 11.0 Å². The zero-order valence-corrected chi connectivity index (χ0v) is 18.4. The highest BCUT2D eigenvalue weighted by atomic mass is 32.2. The van der Waals surface area contributed by atoms with E-state index in [1.807, 2.05) is 18.2 Å². The van der Waals surface area contributed by atoms with Crippen LogP contribution in [0.3, 0.4) is 0 Å². The number of benzene rings is 2. The van der Waals surface area contributed by atoms with Gasteiger partial charge in [-0.05, 0) is 62.2 Å². The Morgan fingerprint density at radius 3 is 2.57 bits per heavy atom. The van der Waals surface area contributed by atoms with E-state index in [0.29, 0.717) is 12.1 Å². The van der Waals surface area contributed by atoms with Crippen molar-refractivity contribution in [1.29, 1.82) is 0 Å². The number of imidazole rings is 1. The Hall–Kier alpha value is -2.29. The maximum absolute atomic E-state index is 13.3. The first-order valence-electron chi connectivity index (χ1n) is 10.2. The molecule has 4 rings (SSSR count). The lowest BCUT2D eigenvalue weighted by molar-refractivity contribution is 0.239. The summed E-state index contributed by atoms with van der Waals surface area (Å²) in [6.45, 7) is 4.44. The molecule has 0 N–H and O–H groups in total. The standard InChI is InChI=1S/C22H27FN4O2S/c1-4-27-21-12-11-18(30(28,29)25(2)3)14-19(21)24-22(27)15-26-13-5-6-20(26)16-7-9-17(23)10-8-16/h7-12,14,20H,4-6,13,15H2,1-3H3/t20-/m1/s1. The van der Waals surface area contributed by atoms with Gasteiger partial charge in [-0.1, -0.05) is 12.1 Å². The number of fused-ring (bicyclic) bond motifs is 1. The number of aryl methyl sites for hydroxylation is 1. The molecular weight excluding hydrogens is 403 g/mol. The summed E-state index contributed by atoms with van der Waals surface area (Å²) in [5, 5.41) is 0. The van der Waals surface area contributed by atoms with E-state index in [4.69, 9.17) is 4.98 Å². The lowest BCUT2D eigenvalue weighted by Crippen LogP contribution is -2.24. The second-order valence-electron chi connectivity index (χ2n) is 7.89. The minimum Gasteiger partial charge on any atom is -0.327 e. The van der Waals surface area contributed by atoms with Crippen LogP contribution in [-0.4, -0.2) is 47.8 Å². The van der Waals surface area contributed by atoms with Crippen LogP contribution in [0.4, 0.5) is 4.39 Å². The molecule has 30 heavy (non-hydrogen) atoms. The minimum atomic E-state index is -3.51. The van der Waals surface area contributed by atoms with Crippen molar-refractivity contribution in [3.8, 4) is 0 Å². The van der Waals surface area contributed by atoms with Crippen molar-refractivity contribution >= 4 is 21.1 Å². The highest BCUT2D eigenvalue weighted by Gasteiger charge is 2.28. The fourth-order valence-corrected chi connectivity index (χ4v) is 5.19. The fraction of sp³-hybridized carbons (Fsp3) is 0.409. The predicted molar refractivity (Wildman–Crippen MR) is 115 cm³/mol. The molecule has 3 aromatic rings. The summed E-state index contributed by atoms with van der Waals surface area (Å²) in [7, 11) is -0.454. The number of aromatic nitrogens is 2. The summed E-state index contributed by atoms with van der Waals surface area (Å²) >= 11 is 0. The van der Waals surface area contributed by atoms with E-state index in [2.05, 4.69) is 16.4 Å². The summed E-state index contributed by atoms with van der Waals surface area (Å²) in [6, 6.07) is 12.1. The molecular formula is C22H27FN4O2S. The maximum atomic E-state index is 13.3. The molecule has 1 atom stereocenters. The van der Waals surface area contributed by atoms with E-state index in [1.54, 1.807) is 12.1 Å². The molecule has 1 saturated heterocycles. The molecule has 1 fully saturated rings. The van der Waals surface area contributed by atoms with Crippen LogP contribution in [0.1, 0.15) is 37.2 Å². The zero-order chi connectivity index (χ0) is 21.5. The Morgan fingerprint density at radius 2 is 1.90 bits per heavy atom. The van der Waals surface area contributed by atoms with Crippen molar-refractivity contribution in [2.75, 3.05) is 20.6 Å². The number of rotatable bonds is 6. The highest BCUT2D eigenvalue weighted by molar-refractivity contribution is 7.89. The second kappa shape index (κ2) is 8.09. The van der Waals surface area contributed by atoms with Crippen molar-refractivity contribution in [3.63, 3.8) is 0 Å². The number of nitrogens with zero attached hydrogens (tertiary/aromatic N) is 4. The van der Waals surface area contributed by atoms with Gasteiger partial charge in [-0.3, -0.25) is 4.90 Å². The molecule has 0 aliphatic carbocycles. The van der Waals surface area contributed by atoms with Crippen molar-refractivity contribution in [2.24, 2.45) is 0 Å². The highest BCUT2D eigenvalue weighted by Crippen LogP contribution is 2.33. The van der Waals surface area contributed by atoms with Crippen molar-refractivity contribution in [1.82, 2.24) is 18.8 Å². The van der Waals surface area contributed by atoms with Gasteiger partial charge in [0, 0.05) is 26.7 Å². The molecule has 0 bridgehead atoms.